The van der Waals surface area contributed by atoms with Crippen LogP contribution in [0.4, 0.5) is 0 Å². The summed E-state index contributed by atoms with van der Waals surface area (Å²) in [5.74, 6) is 1.91. The van der Waals surface area contributed by atoms with Gasteiger partial charge in [0.05, 0.1) is 6.61 Å². The van der Waals surface area contributed by atoms with Gasteiger partial charge < -0.3 is 10.1 Å². The van der Waals surface area contributed by atoms with Crippen LogP contribution in [0, 0.1) is 5.92 Å². The van der Waals surface area contributed by atoms with Crippen LogP contribution in [0.5, 0.6) is 5.75 Å². The first-order chi connectivity index (χ1) is 9.38. The molecule has 0 heterocycles. The highest BCUT2D eigenvalue weighted by Gasteiger charge is 2.23. The lowest BCUT2D eigenvalue weighted by Gasteiger charge is -2.13. The maximum absolute atomic E-state index is 5.74. The Balaban J connectivity index is 1.54. The van der Waals surface area contributed by atoms with Crippen LogP contribution in [0.1, 0.15) is 45.4 Å². The zero-order valence-electron chi connectivity index (χ0n) is 12.1. The summed E-state index contributed by atoms with van der Waals surface area (Å²) in [4.78, 5) is 0. The van der Waals surface area contributed by atoms with Crippen LogP contribution in [-0.2, 0) is 0 Å². The minimum atomic E-state index is 0.778. The molecule has 0 amide bonds. The summed E-state index contributed by atoms with van der Waals surface area (Å²) in [6.45, 7) is 4.27. The van der Waals surface area contributed by atoms with E-state index in [4.69, 9.17) is 4.74 Å². The largest absolute Gasteiger partial charge is 0.494 e. The molecule has 2 rings (SSSR count). The van der Waals surface area contributed by atoms with E-state index in [9.17, 15) is 0 Å². The van der Waals surface area contributed by atoms with Gasteiger partial charge >= 0.3 is 0 Å². The van der Waals surface area contributed by atoms with Gasteiger partial charge in [0.1, 0.15) is 5.75 Å². The van der Waals surface area contributed by atoms with E-state index in [1.165, 1.54) is 45.1 Å². The molecule has 2 atom stereocenters. The van der Waals surface area contributed by atoms with Gasteiger partial charge in [0.2, 0.25) is 0 Å². The minimum Gasteiger partial charge on any atom is -0.494 e. The topological polar surface area (TPSA) is 21.3 Å². The number of para-hydroxylation sites is 1. The predicted octanol–water partition coefficient (Wildman–Crippen LogP) is 4.01. The smallest absolute Gasteiger partial charge is 0.119 e. The minimum absolute atomic E-state index is 0.778. The van der Waals surface area contributed by atoms with Crippen LogP contribution >= 0.6 is 0 Å². The van der Waals surface area contributed by atoms with Gasteiger partial charge in [-0.15, -0.1) is 0 Å². The second-order valence-electron chi connectivity index (χ2n) is 5.63. The van der Waals surface area contributed by atoms with E-state index in [0.717, 1.165) is 24.3 Å². The first-order valence-corrected chi connectivity index (χ1v) is 7.79. The molecule has 1 aliphatic rings. The Bertz CT molecular complexity index is 338. The molecular formula is C17H27NO. The van der Waals surface area contributed by atoms with Crippen molar-refractivity contribution in [1.82, 2.24) is 5.32 Å². The Morgan fingerprint density at radius 2 is 2.05 bits per heavy atom. The second kappa shape index (κ2) is 8.21. The van der Waals surface area contributed by atoms with Crippen LogP contribution in [0.3, 0.4) is 0 Å². The van der Waals surface area contributed by atoms with Crippen LogP contribution in [-0.4, -0.2) is 19.2 Å². The number of nitrogens with one attached hydrogen (secondary N) is 1. The van der Waals surface area contributed by atoms with Gasteiger partial charge in [-0.1, -0.05) is 25.1 Å². The molecule has 0 radical (unpaired) electrons. The summed E-state index contributed by atoms with van der Waals surface area (Å²) < 4.78 is 5.74. The predicted molar refractivity (Wildman–Crippen MR) is 80.6 cm³/mol. The standard InChI is InChI=1S/C17H27NO/c1-2-12-18-16-11-10-15(14-16)7-6-13-19-17-8-4-3-5-9-17/h3-5,8-9,15-16,18H,2,6-7,10-14H2,1H3. The number of hydrogen-bond acceptors (Lipinski definition) is 2. The average molecular weight is 261 g/mol. The summed E-state index contributed by atoms with van der Waals surface area (Å²) >= 11 is 0. The Kier molecular flexibility index (Phi) is 6.22. The van der Waals surface area contributed by atoms with Gasteiger partial charge in [-0.3, -0.25) is 0 Å². The van der Waals surface area contributed by atoms with Crippen molar-refractivity contribution in [2.24, 2.45) is 5.92 Å². The third kappa shape index (κ3) is 5.23. The molecule has 0 saturated heterocycles. The van der Waals surface area contributed by atoms with E-state index >= 15 is 0 Å². The van der Waals surface area contributed by atoms with Crippen molar-refractivity contribution >= 4 is 0 Å². The summed E-state index contributed by atoms with van der Waals surface area (Å²) in [6.07, 6.45) is 7.87. The summed E-state index contributed by atoms with van der Waals surface area (Å²) in [5, 5.41) is 3.65. The van der Waals surface area contributed by atoms with Crippen LogP contribution in [0.15, 0.2) is 30.3 Å². The zero-order chi connectivity index (χ0) is 13.3. The van der Waals surface area contributed by atoms with E-state index in [1.54, 1.807) is 0 Å². The molecule has 1 aliphatic carbocycles. The molecule has 2 heteroatoms. The molecule has 0 spiro atoms. The number of ether oxygens (including phenoxy) is 1. The Morgan fingerprint density at radius 1 is 1.21 bits per heavy atom. The molecule has 1 aromatic rings. The fourth-order valence-corrected chi connectivity index (χ4v) is 2.95. The highest BCUT2D eigenvalue weighted by atomic mass is 16.5. The van der Waals surface area contributed by atoms with Crippen molar-refractivity contribution in [3.63, 3.8) is 0 Å². The van der Waals surface area contributed by atoms with E-state index in [-0.39, 0.29) is 0 Å². The fourth-order valence-electron chi connectivity index (χ4n) is 2.95. The molecule has 1 fully saturated rings. The molecule has 1 N–H and O–H groups in total. The SMILES string of the molecule is CCCNC1CCC(CCCOc2ccccc2)C1. The maximum Gasteiger partial charge on any atom is 0.119 e. The Hall–Kier alpha value is -1.02. The molecule has 0 aliphatic heterocycles. The molecule has 0 bridgehead atoms. The lowest BCUT2D eigenvalue weighted by molar-refractivity contribution is 0.291. The van der Waals surface area contributed by atoms with Crippen molar-refractivity contribution in [3.05, 3.63) is 30.3 Å². The molecule has 19 heavy (non-hydrogen) atoms. The normalized spacial score (nSPS) is 22.6. The summed E-state index contributed by atoms with van der Waals surface area (Å²) in [6, 6.07) is 10.9. The average Bonchev–Trinajstić information content (AvgIpc) is 2.90. The summed E-state index contributed by atoms with van der Waals surface area (Å²) in [7, 11) is 0. The highest BCUT2D eigenvalue weighted by molar-refractivity contribution is 5.20. The lowest BCUT2D eigenvalue weighted by Crippen LogP contribution is -2.27. The van der Waals surface area contributed by atoms with Gasteiger partial charge in [-0.05, 0) is 63.1 Å². The Labute approximate surface area is 117 Å². The first kappa shape index (κ1) is 14.4. The number of hydrogen-bond donors (Lipinski definition) is 1. The van der Waals surface area contributed by atoms with Crippen LogP contribution in [0.25, 0.3) is 0 Å². The van der Waals surface area contributed by atoms with Gasteiger partial charge in [0.25, 0.3) is 0 Å². The number of rotatable bonds is 8. The third-order valence-corrected chi connectivity index (χ3v) is 3.99. The van der Waals surface area contributed by atoms with Crippen molar-refractivity contribution in [2.75, 3.05) is 13.2 Å². The summed E-state index contributed by atoms with van der Waals surface area (Å²) in [5.41, 5.74) is 0. The molecular weight excluding hydrogens is 234 g/mol. The quantitative estimate of drug-likeness (QED) is 0.714. The van der Waals surface area contributed by atoms with Gasteiger partial charge in [-0.25, -0.2) is 0 Å². The molecule has 2 nitrogen and oxygen atoms in total. The zero-order valence-corrected chi connectivity index (χ0v) is 12.1. The van der Waals surface area contributed by atoms with Crippen LogP contribution < -0.4 is 10.1 Å². The highest BCUT2D eigenvalue weighted by Crippen LogP contribution is 2.29. The van der Waals surface area contributed by atoms with E-state index in [0.29, 0.717) is 0 Å². The molecule has 2 unspecified atom stereocenters. The maximum atomic E-state index is 5.74. The van der Waals surface area contributed by atoms with Gasteiger partial charge in [0.15, 0.2) is 0 Å². The van der Waals surface area contributed by atoms with Crippen LogP contribution in [0.2, 0.25) is 0 Å². The number of benzene rings is 1. The Morgan fingerprint density at radius 3 is 2.84 bits per heavy atom. The molecule has 1 aromatic carbocycles. The van der Waals surface area contributed by atoms with Gasteiger partial charge in [0, 0.05) is 6.04 Å². The fraction of sp³-hybridized carbons (Fsp3) is 0.647. The first-order valence-electron chi connectivity index (χ1n) is 7.79. The third-order valence-electron chi connectivity index (χ3n) is 3.99. The van der Waals surface area contributed by atoms with Crippen molar-refractivity contribution in [1.29, 1.82) is 0 Å². The monoisotopic (exact) mass is 261 g/mol. The second-order valence-corrected chi connectivity index (χ2v) is 5.63. The van der Waals surface area contributed by atoms with E-state index < -0.39 is 0 Å². The lowest BCUT2D eigenvalue weighted by atomic mass is 10.0. The molecule has 106 valence electrons. The molecule has 0 aromatic heterocycles. The molecule has 1 saturated carbocycles. The van der Waals surface area contributed by atoms with Crippen molar-refractivity contribution in [2.45, 2.75) is 51.5 Å². The van der Waals surface area contributed by atoms with Crippen molar-refractivity contribution < 1.29 is 4.74 Å². The van der Waals surface area contributed by atoms with E-state index in [2.05, 4.69) is 12.2 Å². The van der Waals surface area contributed by atoms with E-state index in [1.807, 2.05) is 30.3 Å². The van der Waals surface area contributed by atoms with Crippen molar-refractivity contribution in [3.8, 4) is 5.75 Å². The van der Waals surface area contributed by atoms with Gasteiger partial charge in [-0.2, -0.15) is 0 Å².